The zero-order chi connectivity index (χ0) is 8.97. The monoisotopic (exact) mass is 196 g/mol. The minimum absolute atomic E-state index is 0.783. The second kappa shape index (κ2) is 4.48. The maximum atomic E-state index is 6.10. The van der Waals surface area contributed by atoms with Crippen LogP contribution >= 0.6 is 11.6 Å². The molecule has 0 heterocycles. The Balaban J connectivity index is 2.99. The van der Waals surface area contributed by atoms with E-state index >= 15 is 0 Å². The van der Waals surface area contributed by atoms with Crippen molar-refractivity contribution in [3.8, 4) is 0 Å². The van der Waals surface area contributed by atoms with Gasteiger partial charge in [0.15, 0.2) is 0 Å². The largest absolute Gasteiger partial charge is 0.0845 e. The Hall–Kier alpha value is -0.533. The van der Waals surface area contributed by atoms with Crippen molar-refractivity contribution in [1.82, 2.24) is 0 Å². The molecule has 0 saturated carbocycles. The summed E-state index contributed by atoms with van der Waals surface area (Å²) < 4.78 is 0. The van der Waals surface area contributed by atoms with Crippen LogP contribution in [-0.4, -0.2) is 8.80 Å². The van der Waals surface area contributed by atoms with Crippen LogP contribution < -0.4 is 0 Å². The van der Waals surface area contributed by atoms with Gasteiger partial charge in [0.2, 0.25) is 0 Å². The molecule has 1 rings (SSSR count). The summed E-state index contributed by atoms with van der Waals surface area (Å²) in [4.78, 5) is 0. The van der Waals surface area contributed by atoms with Gasteiger partial charge in [-0.25, -0.2) is 0 Å². The Morgan fingerprint density at radius 2 is 1.58 bits per heavy atom. The third kappa shape index (κ3) is 2.50. The van der Waals surface area contributed by atoms with Gasteiger partial charge in [0.05, 0.1) is 8.80 Å². The second-order valence-corrected chi connectivity index (χ2v) is 6.40. The van der Waals surface area contributed by atoms with Crippen LogP contribution in [0.15, 0.2) is 46.7 Å². The molecule has 0 bridgehead atoms. The fourth-order valence-electron chi connectivity index (χ4n) is 1.07. The van der Waals surface area contributed by atoms with Crippen molar-refractivity contribution in [2.75, 3.05) is 0 Å². The van der Waals surface area contributed by atoms with Crippen molar-refractivity contribution in [2.45, 2.75) is 13.1 Å². The molecule has 64 valence electrons. The van der Waals surface area contributed by atoms with E-state index in [2.05, 4.69) is 19.2 Å². The van der Waals surface area contributed by atoms with Crippen LogP contribution in [0, 0.1) is 0 Å². The van der Waals surface area contributed by atoms with Gasteiger partial charge in [0.25, 0.3) is 0 Å². The van der Waals surface area contributed by atoms with E-state index in [9.17, 15) is 0 Å². The Kier molecular flexibility index (Phi) is 3.57. The normalized spacial score (nSPS) is 17.0. The van der Waals surface area contributed by atoms with Gasteiger partial charge in [-0.3, -0.25) is 0 Å². The maximum absolute atomic E-state index is 6.10. The lowest BCUT2D eigenvalue weighted by Gasteiger charge is -2.06. The molecule has 0 nitrogen and oxygen atoms in total. The lowest BCUT2D eigenvalue weighted by molar-refractivity contribution is 1.68. The topological polar surface area (TPSA) is 0 Å². The van der Waals surface area contributed by atoms with Crippen LogP contribution in [0.5, 0.6) is 0 Å². The van der Waals surface area contributed by atoms with Crippen molar-refractivity contribution >= 4 is 20.4 Å². The van der Waals surface area contributed by atoms with Crippen LogP contribution in [0.3, 0.4) is 0 Å². The molecule has 0 amide bonds. The van der Waals surface area contributed by atoms with Gasteiger partial charge in [0, 0.05) is 5.03 Å². The van der Waals surface area contributed by atoms with Crippen LogP contribution in [0.4, 0.5) is 0 Å². The Bertz CT molecular complexity index is 270. The molecular weight excluding hydrogens is 184 g/mol. The molecular formula is C10H13ClSi. The van der Waals surface area contributed by atoms with Crippen molar-refractivity contribution in [1.29, 1.82) is 0 Å². The summed E-state index contributed by atoms with van der Waals surface area (Å²) in [5.41, 5.74) is 0. The Labute approximate surface area is 80.5 Å². The molecule has 0 aromatic carbocycles. The second-order valence-electron chi connectivity index (χ2n) is 3.06. The molecule has 0 aromatic heterocycles. The van der Waals surface area contributed by atoms with Crippen molar-refractivity contribution < 1.29 is 0 Å². The molecule has 2 heteroatoms. The van der Waals surface area contributed by atoms with Gasteiger partial charge in [-0.2, -0.15) is 0 Å². The molecule has 0 atom stereocenters. The summed E-state index contributed by atoms with van der Waals surface area (Å²) in [6, 6.07) is 0. The van der Waals surface area contributed by atoms with Gasteiger partial charge >= 0.3 is 0 Å². The summed E-state index contributed by atoms with van der Waals surface area (Å²) in [5, 5.41) is 2.23. The highest BCUT2D eigenvalue weighted by Crippen LogP contribution is 2.17. The Morgan fingerprint density at radius 3 is 2.17 bits per heavy atom. The van der Waals surface area contributed by atoms with Gasteiger partial charge in [-0.1, -0.05) is 55.1 Å². The van der Waals surface area contributed by atoms with E-state index in [-0.39, 0.29) is 0 Å². The molecule has 12 heavy (non-hydrogen) atoms. The van der Waals surface area contributed by atoms with Gasteiger partial charge < -0.3 is 0 Å². The summed E-state index contributed by atoms with van der Waals surface area (Å²) in [6.07, 6.45) is 12.1. The number of halogens is 1. The van der Waals surface area contributed by atoms with Crippen molar-refractivity contribution in [3.63, 3.8) is 0 Å². The summed E-state index contributed by atoms with van der Waals surface area (Å²) >= 11 is 6.10. The molecule has 1 aliphatic rings. The zero-order valence-electron chi connectivity index (χ0n) is 7.42. The van der Waals surface area contributed by atoms with Crippen LogP contribution in [0.1, 0.15) is 0 Å². The highest BCUT2D eigenvalue weighted by atomic mass is 35.5. The first-order valence-electron chi connectivity index (χ1n) is 4.13. The number of hydrogen-bond acceptors (Lipinski definition) is 0. The van der Waals surface area contributed by atoms with Gasteiger partial charge in [-0.15, -0.1) is 0 Å². The third-order valence-corrected chi connectivity index (χ3v) is 4.02. The third-order valence-electron chi connectivity index (χ3n) is 1.75. The van der Waals surface area contributed by atoms with Crippen molar-refractivity contribution in [3.05, 3.63) is 46.7 Å². The Morgan fingerprint density at radius 1 is 1.00 bits per heavy atom. The van der Waals surface area contributed by atoms with Crippen LogP contribution in [-0.2, 0) is 0 Å². The van der Waals surface area contributed by atoms with Crippen LogP contribution in [0.2, 0.25) is 13.1 Å². The molecule has 0 fully saturated rings. The first kappa shape index (κ1) is 9.55. The molecule has 0 unspecified atom stereocenters. The summed E-state index contributed by atoms with van der Waals surface area (Å²) in [5.74, 6) is 0. The maximum Gasteiger partial charge on any atom is 0.0666 e. The fourth-order valence-corrected chi connectivity index (χ4v) is 3.01. The molecule has 0 N–H and O–H groups in total. The van der Waals surface area contributed by atoms with E-state index < -0.39 is 8.80 Å². The molecule has 0 saturated heterocycles. The average molecular weight is 197 g/mol. The fraction of sp³-hybridized carbons (Fsp3) is 0.200. The lowest BCUT2D eigenvalue weighted by Crippen LogP contribution is -2.04. The smallest absolute Gasteiger partial charge is 0.0666 e. The molecule has 0 radical (unpaired) electrons. The quantitative estimate of drug-likeness (QED) is 0.566. The minimum atomic E-state index is -0.783. The minimum Gasteiger partial charge on any atom is -0.0845 e. The lowest BCUT2D eigenvalue weighted by atomic mass is 10.3. The van der Waals surface area contributed by atoms with E-state index in [4.69, 9.17) is 11.6 Å². The van der Waals surface area contributed by atoms with E-state index in [1.807, 2.05) is 30.4 Å². The van der Waals surface area contributed by atoms with Gasteiger partial charge in [-0.05, 0) is 11.3 Å². The highest BCUT2D eigenvalue weighted by molar-refractivity contribution is 6.66. The van der Waals surface area contributed by atoms with E-state index in [1.165, 1.54) is 5.20 Å². The number of hydrogen-bond donors (Lipinski definition) is 0. The van der Waals surface area contributed by atoms with E-state index in [1.54, 1.807) is 0 Å². The van der Waals surface area contributed by atoms with E-state index in [0.717, 1.165) is 5.03 Å². The standard InChI is InChI=1S/C10H13ClSi/c1-12(2)10-8-6-4-3-5-7-9(10)11/h3-8,12H,1-2H3. The van der Waals surface area contributed by atoms with Crippen LogP contribution in [0.25, 0.3) is 0 Å². The highest BCUT2D eigenvalue weighted by Gasteiger charge is 2.04. The number of rotatable bonds is 1. The average Bonchev–Trinajstić information content (AvgIpc) is 1.96. The van der Waals surface area contributed by atoms with Crippen molar-refractivity contribution in [2.24, 2.45) is 0 Å². The summed E-state index contributed by atoms with van der Waals surface area (Å²) in [6.45, 7) is 4.56. The molecule has 0 aromatic rings. The SMILES string of the molecule is C[SiH](C)C1=C(Cl)C=CC=CC=C1. The predicted octanol–water partition coefficient (Wildman–Crippen LogP) is 3.19. The molecule has 0 spiro atoms. The first-order valence-corrected chi connectivity index (χ1v) is 7.39. The first-order chi connectivity index (χ1) is 5.72. The van der Waals surface area contributed by atoms with E-state index in [0.29, 0.717) is 0 Å². The zero-order valence-corrected chi connectivity index (χ0v) is 9.33. The molecule has 0 aliphatic heterocycles. The summed E-state index contributed by atoms with van der Waals surface area (Å²) in [7, 11) is -0.783. The molecule has 1 aliphatic carbocycles. The number of allylic oxidation sites excluding steroid dienone is 8. The predicted molar refractivity (Wildman–Crippen MR) is 59.2 cm³/mol. The van der Waals surface area contributed by atoms with Gasteiger partial charge in [0.1, 0.15) is 0 Å².